The average Bonchev–Trinajstić information content (AvgIpc) is 1.77. The van der Waals surface area contributed by atoms with Crippen molar-refractivity contribution in [3.8, 4) is 0 Å². The predicted octanol–water partition coefficient (Wildman–Crippen LogP) is 0.239. The van der Waals surface area contributed by atoms with Crippen LogP contribution < -0.4 is 5.46 Å². The first-order valence-electron chi connectivity index (χ1n) is 2.30. The third-order valence-corrected chi connectivity index (χ3v) is 0.870. The minimum Gasteiger partial charge on any atom is -0.207 e. The summed E-state index contributed by atoms with van der Waals surface area (Å²) in [5, 5.41) is 0. The molecule has 0 bridgehead atoms. The first-order chi connectivity index (χ1) is 3.79. The molecule has 0 aliphatic rings. The third kappa shape index (κ3) is 3.85. The van der Waals surface area contributed by atoms with E-state index >= 15 is 0 Å². The molecule has 0 amide bonds. The summed E-state index contributed by atoms with van der Waals surface area (Å²) >= 11 is 0. The van der Waals surface area contributed by atoms with Crippen LogP contribution in [0.25, 0.3) is 0 Å². The van der Waals surface area contributed by atoms with Crippen molar-refractivity contribution in [2.24, 2.45) is 0 Å². The molecule has 0 fully saturated rings. The van der Waals surface area contributed by atoms with Crippen LogP contribution in [0.15, 0.2) is 24.3 Å². The van der Waals surface area contributed by atoms with Crippen LogP contribution >= 0.6 is 0 Å². The quantitative estimate of drug-likeness (QED) is 0.568. The van der Waals surface area contributed by atoms with Crippen molar-refractivity contribution in [3.05, 3.63) is 30.1 Å². The molecule has 0 spiro atoms. The fraction of sp³-hybridized carbons (Fsp3) is 0. The van der Waals surface area contributed by atoms with Crippen LogP contribution in [-0.2, 0) is 0 Å². The maximum absolute atomic E-state index is 12.0. The smallest absolute Gasteiger partial charge is 0.123 e. The van der Waals surface area contributed by atoms with Gasteiger partial charge in [-0.15, -0.1) is 0 Å². The van der Waals surface area contributed by atoms with E-state index in [0.29, 0.717) is 5.46 Å². The van der Waals surface area contributed by atoms with E-state index in [1.54, 1.807) is 0 Å². The number of benzene rings is 1. The van der Waals surface area contributed by atoms with E-state index in [1.807, 2.05) is 0 Å². The van der Waals surface area contributed by atoms with E-state index in [9.17, 15) is 4.39 Å². The Labute approximate surface area is 114 Å². The van der Waals surface area contributed by atoms with Crippen molar-refractivity contribution >= 4 is 82.2 Å². The Morgan fingerprint density at radius 2 is 1.56 bits per heavy atom. The van der Waals surface area contributed by atoms with Crippen LogP contribution in [0.2, 0.25) is 0 Å². The Balaban J connectivity index is 0.000000640. The zero-order chi connectivity index (χ0) is 5.98. The monoisotopic (exact) mass is 239 g/mol. The van der Waals surface area contributed by atoms with Gasteiger partial charge in [0.05, 0.1) is 0 Å². The molecule has 0 saturated heterocycles. The molecule has 0 heterocycles. The van der Waals surface area contributed by atoms with Crippen LogP contribution in [-0.4, -0.2) is 76.7 Å². The van der Waals surface area contributed by atoms with Crippen molar-refractivity contribution in [2.45, 2.75) is 0 Å². The van der Waals surface area contributed by atoms with Gasteiger partial charge in [-0.25, -0.2) is 4.39 Å². The summed E-state index contributed by atoms with van der Waals surface area (Å²) in [5.74, 6) is -0.251. The zero-order valence-electron chi connectivity index (χ0n) is 5.26. The van der Waals surface area contributed by atoms with Crippen LogP contribution in [0, 0.1) is 5.82 Å². The molecule has 1 aromatic rings. The van der Waals surface area contributed by atoms with Gasteiger partial charge >= 0.3 is 0 Å². The number of rotatable bonds is 0. The minimum atomic E-state index is -0.251. The number of hydrogen-bond donors (Lipinski definition) is 0. The summed E-state index contributed by atoms with van der Waals surface area (Å²) in [6.45, 7) is 0. The zero-order valence-corrected chi connectivity index (χ0v) is 11.5. The molecule has 0 N–H and O–H groups in total. The van der Waals surface area contributed by atoms with Gasteiger partial charge in [-0.3, -0.25) is 0 Å². The van der Waals surface area contributed by atoms with Crippen molar-refractivity contribution in [2.75, 3.05) is 0 Å². The molecule has 0 unspecified atom stereocenters. The summed E-state index contributed by atoms with van der Waals surface area (Å²) < 4.78 is 12.0. The van der Waals surface area contributed by atoms with Gasteiger partial charge in [0.25, 0.3) is 0 Å². The Bertz CT molecular complexity index is 152. The Hall–Kier alpha value is 1.27. The first kappa shape index (κ1) is 10.3. The van der Waals surface area contributed by atoms with E-state index in [1.165, 1.54) is 24.3 Å². The summed E-state index contributed by atoms with van der Waals surface area (Å²) in [5.41, 5.74) is 0.589. The molecule has 1 aromatic carbocycles. The topological polar surface area (TPSA) is 0 Å². The molecule has 0 saturated carbocycles. The molecule has 39 valence electrons. The summed E-state index contributed by atoms with van der Waals surface area (Å²) in [7, 11) is 5.26. The molecule has 0 atom stereocenters. The van der Waals surface area contributed by atoms with Crippen molar-refractivity contribution in [3.63, 3.8) is 0 Å². The van der Waals surface area contributed by atoms with Crippen molar-refractivity contribution in [1.82, 2.24) is 0 Å². The molecule has 3 radical (unpaired) electrons. The number of hydrogen-bond acceptors (Lipinski definition) is 0. The standard InChI is InChI=1S/C6H4BF.Cs/c7-5-1-3-6(8)4-2-5;/h1-4H;. The second kappa shape index (κ2) is 4.99. The van der Waals surface area contributed by atoms with Gasteiger partial charge < -0.3 is 0 Å². The molecular formula is C6H4BCsF. The van der Waals surface area contributed by atoms with E-state index in [-0.39, 0.29) is 74.7 Å². The fourth-order valence-corrected chi connectivity index (χ4v) is 0.463. The minimum absolute atomic E-state index is 0. The summed E-state index contributed by atoms with van der Waals surface area (Å²) in [4.78, 5) is 0. The molecule has 3 heteroatoms. The largest absolute Gasteiger partial charge is 0.207 e. The Morgan fingerprint density at radius 3 is 1.89 bits per heavy atom. The normalized spacial score (nSPS) is 8.11. The van der Waals surface area contributed by atoms with Gasteiger partial charge in [-0.05, 0) is 12.1 Å². The SMILES string of the molecule is [B]c1ccc(F)cc1.[Cs]. The van der Waals surface area contributed by atoms with Gasteiger partial charge in [0, 0.05) is 68.9 Å². The van der Waals surface area contributed by atoms with E-state index < -0.39 is 0 Å². The summed E-state index contributed by atoms with van der Waals surface area (Å²) in [6, 6.07) is 5.70. The molecule has 9 heavy (non-hydrogen) atoms. The maximum Gasteiger partial charge on any atom is 0.123 e. The fourth-order valence-electron chi connectivity index (χ4n) is 0.463. The molecule has 0 aliphatic carbocycles. The van der Waals surface area contributed by atoms with Crippen LogP contribution in [0.4, 0.5) is 4.39 Å². The van der Waals surface area contributed by atoms with Crippen LogP contribution in [0.5, 0.6) is 0 Å². The van der Waals surface area contributed by atoms with Gasteiger partial charge in [-0.2, -0.15) is 0 Å². The molecular weight excluding hydrogens is 235 g/mol. The number of halogens is 1. The van der Waals surface area contributed by atoms with Crippen molar-refractivity contribution < 1.29 is 4.39 Å². The van der Waals surface area contributed by atoms with Gasteiger partial charge in [-0.1, -0.05) is 17.6 Å². The van der Waals surface area contributed by atoms with E-state index in [4.69, 9.17) is 7.85 Å². The Morgan fingerprint density at radius 1 is 1.11 bits per heavy atom. The van der Waals surface area contributed by atoms with Crippen LogP contribution in [0.1, 0.15) is 0 Å². The second-order valence-corrected chi connectivity index (χ2v) is 1.55. The molecule has 0 nitrogen and oxygen atoms in total. The van der Waals surface area contributed by atoms with Gasteiger partial charge in [0.2, 0.25) is 0 Å². The molecule has 0 aliphatic heterocycles. The van der Waals surface area contributed by atoms with E-state index in [0.717, 1.165) is 0 Å². The summed E-state index contributed by atoms with van der Waals surface area (Å²) in [6.07, 6.45) is 0. The predicted molar refractivity (Wildman–Crippen MR) is 37.5 cm³/mol. The molecule has 1 rings (SSSR count). The van der Waals surface area contributed by atoms with E-state index in [2.05, 4.69) is 0 Å². The van der Waals surface area contributed by atoms with Crippen LogP contribution in [0.3, 0.4) is 0 Å². The van der Waals surface area contributed by atoms with Gasteiger partial charge in [0.1, 0.15) is 13.7 Å². The second-order valence-electron chi connectivity index (χ2n) is 1.55. The average molecular weight is 239 g/mol. The Kier molecular flexibility index (Phi) is 5.69. The first-order valence-corrected chi connectivity index (χ1v) is 2.30. The van der Waals surface area contributed by atoms with Crippen molar-refractivity contribution in [1.29, 1.82) is 0 Å². The van der Waals surface area contributed by atoms with Gasteiger partial charge in [0.15, 0.2) is 0 Å². The third-order valence-electron chi connectivity index (χ3n) is 0.870. The maximum atomic E-state index is 12.0. The molecule has 0 aromatic heterocycles.